The molecule has 0 aliphatic heterocycles. The second-order valence-corrected chi connectivity index (χ2v) is 3.43. The summed E-state index contributed by atoms with van der Waals surface area (Å²) in [5.41, 5.74) is 0.318. The van der Waals surface area contributed by atoms with Crippen molar-refractivity contribution in [2.24, 2.45) is 0 Å². The van der Waals surface area contributed by atoms with Crippen LogP contribution >= 0.6 is 0 Å². The normalized spacial score (nSPS) is 10.1. The Hall–Kier alpha value is -1.91. The number of aromatic carboxylic acids is 2. The van der Waals surface area contributed by atoms with Gasteiger partial charge in [0, 0.05) is 12.4 Å². The molecule has 0 atom stereocenters. The lowest BCUT2D eigenvalue weighted by atomic mass is 9.99. The van der Waals surface area contributed by atoms with Crippen molar-refractivity contribution in [2.75, 3.05) is 0 Å². The van der Waals surface area contributed by atoms with E-state index in [2.05, 4.69) is 4.98 Å². The van der Waals surface area contributed by atoms with Crippen molar-refractivity contribution >= 4 is 11.9 Å². The highest BCUT2D eigenvalue weighted by atomic mass is 16.4. The van der Waals surface area contributed by atoms with Gasteiger partial charge in [-0.05, 0) is 18.4 Å². The Labute approximate surface area is 92.8 Å². The lowest BCUT2D eigenvalue weighted by molar-refractivity contribution is 0.0694. The van der Waals surface area contributed by atoms with Crippen LogP contribution in [0.15, 0.2) is 12.4 Å². The monoisotopic (exact) mass is 223 g/mol. The van der Waals surface area contributed by atoms with Gasteiger partial charge in [-0.3, -0.25) is 4.98 Å². The lowest BCUT2D eigenvalue weighted by Crippen LogP contribution is -2.11. The van der Waals surface area contributed by atoms with Crippen molar-refractivity contribution in [3.8, 4) is 0 Å². The van der Waals surface area contributed by atoms with Crippen LogP contribution in [0.3, 0.4) is 0 Å². The predicted octanol–water partition coefficient (Wildman–Crippen LogP) is 1.82. The van der Waals surface area contributed by atoms with E-state index in [1.165, 1.54) is 12.4 Å². The largest absolute Gasteiger partial charge is 0.478 e. The van der Waals surface area contributed by atoms with E-state index in [0.717, 1.165) is 12.8 Å². The van der Waals surface area contributed by atoms with E-state index in [-0.39, 0.29) is 11.1 Å². The molecule has 0 saturated carbocycles. The first kappa shape index (κ1) is 12.2. The van der Waals surface area contributed by atoms with E-state index in [1.807, 2.05) is 6.92 Å². The van der Waals surface area contributed by atoms with E-state index in [9.17, 15) is 9.59 Å². The molecule has 1 aromatic heterocycles. The molecule has 2 N–H and O–H groups in total. The Morgan fingerprint density at radius 3 is 2.06 bits per heavy atom. The average molecular weight is 223 g/mol. The molecule has 0 aliphatic carbocycles. The standard InChI is InChI=1S/C11H13NO4/c1-2-3-4-7-8(10(13)14)5-12-6-9(7)11(15)16/h5-6H,2-4H2,1H3,(H,13,14)(H,15,16). The minimum Gasteiger partial charge on any atom is -0.478 e. The number of pyridine rings is 1. The summed E-state index contributed by atoms with van der Waals surface area (Å²) in [5, 5.41) is 17.9. The molecule has 0 fully saturated rings. The first-order valence-electron chi connectivity index (χ1n) is 5.01. The Morgan fingerprint density at radius 2 is 1.69 bits per heavy atom. The molecular weight excluding hydrogens is 210 g/mol. The molecule has 0 saturated heterocycles. The topological polar surface area (TPSA) is 87.5 Å². The molecule has 0 bridgehead atoms. The van der Waals surface area contributed by atoms with Gasteiger partial charge >= 0.3 is 11.9 Å². The van der Waals surface area contributed by atoms with Crippen LogP contribution in [0.1, 0.15) is 46.0 Å². The minimum atomic E-state index is -1.14. The van der Waals surface area contributed by atoms with Gasteiger partial charge in [-0.15, -0.1) is 0 Å². The maximum atomic E-state index is 10.9. The van der Waals surface area contributed by atoms with Crippen LogP contribution < -0.4 is 0 Å². The predicted molar refractivity (Wildman–Crippen MR) is 56.8 cm³/mol. The number of rotatable bonds is 5. The third kappa shape index (κ3) is 2.56. The van der Waals surface area contributed by atoms with Gasteiger partial charge in [0.1, 0.15) is 0 Å². The number of aromatic nitrogens is 1. The number of hydrogen-bond donors (Lipinski definition) is 2. The van der Waals surface area contributed by atoms with Gasteiger partial charge in [0.2, 0.25) is 0 Å². The van der Waals surface area contributed by atoms with E-state index < -0.39 is 11.9 Å². The van der Waals surface area contributed by atoms with E-state index in [1.54, 1.807) is 0 Å². The van der Waals surface area contributed by atoms with Gasteiger partial charge in [-0.1, -0.05) is 13.3 Å². The summed E-state index contributed by atoms with van der Waals surface area (Å²) in [6.45, 7) is 1.96. The van der Waals surface area contributed by atoms with E-state index >= 15 is 0 Å². The molecule has 0 amide bonds. The summed E-state index contributed by atoms with van der Waals surface area (Å²) < 4.78 is 0. The first-order valence-corrected chi connectivity index (χ1v) is 5.01. The fourth-order valence-electron chi connectivity index (χ4n) is 1.48. The van der Waals surface area contributed by atoms with Crippen LogP contribution in [0.25, 0.3) is 0 Å². The highest BCUT2D eigenvalue weighted by Crippen LogP contribution is 2.16. The summed E-state index contributed by atoms with van der Waals surface area (Å²) in [7, 11) is 0. The van der Waals surface area contributed by atoms with Crippen molar-refractivity contribution in [1.29, 1.82) is 0 Å². The first-order chi connectivity index (χ1) is 7.57. The van der Waals surface area contributed by atoms with Gasteiger partial charge in [0.25, 0.3) is 0 Å². The van der Waals surface area contributed by atoms with Crippen LogP contribution in [0, 0.1) is 0 Å². The Morgan fingerprint density at radius 1 is 1.19 bits per heavy atom. The smallest absolute Gasteiger partial charge is 0.337 e. The molecule has 1 rings (SSSR count). The fraction of sp³-hybridized carbons (Fsp3) is 0.364. The Bertz CT molecular complexity index is 382. The van der Waals surface area contributed by atoms with E-state index in [4.69, 9.17) is 10.2 Å². The summed E-state index contributed by atoms with van der Waals surface area (Å²) in [6.07, 6.45) is 4.47. The van der Waals surface area contributed by atoms with E-state index in [0.29, 0.717) is 12.0 Å². The number of unbranched alkanes of at least 4 members (excludes halogenated alkanes) is 1. The summed E-state index contributed by atoms with van der Waals surface area (Å²) in [6, 6.07) is 0. The van der Waals surface area contributed by atoms with Crippen LogP contribution in [0.2, 0.25) is 0 Å². The minimum absolute atomic E-state index is 0.0200. The summed E-state index contributed by atoms with van der Waals surface area (Å²) in [4.78, 5) is 25.5. The molecule has 5 nitrogen and oxygen atoms in total. The van der Waals surface area contributed by atoms with Gasteiger partial charge in [-0.2, -0.15) is 0 Å². The molecule has 0 radical (unpaired) electrons. The van der Waals surface area contributed by atoms with Crippen molar-refractivity contribution in [3.05, 3.63) is 29.1 Å². The quantitative estimate of drug-likeness (QED) is 0.794. The molecule has 0 aromatic carbocycles. The number of carboxylic acid groups (broad SMARTS) is 2. The number of carboxylic acids is 2. The van der Waals surface area contributed by atoms with Gasteiger partial charge < -0.3 is 10.2 Å². The van der Waals surface area contributed by atoms with Crippen molar-refractivity contribution in [2.45, 2.75) is 26.2 Å². The van der Waals surface area contributed by atoms with Crippen LogP contribution in [0.4, 0.5) is 0 Å². The van der Waals surface area contributed by atoms with Crippen LogP contribution in [-0.4, -0.2) is 27.1 Å². The average Bonchev–Trinajstić information content (AvgIpc) is 2.25. The maximum absolute atomic E-state index is 10.9. The molecule has 5 heteroatoms. The zero-order valence-electron chi connectivity index (χ0n) is 8.93. The van der Waals surface area contributed by atoms with Crippen LogP contribution in [-0.2, 0) is 6.42 Å². The van der Waals surface area contributed by atoms with Gasteiger partial charge in [-0.25, -0.2) is 9.59 Å². The second kappa shape index (κ2) is 5.25. The molecule has 1 heterocycles. The Balaban J connectivity index is 3.23. The molecule has 86 valence electrons. The van der Waals surface area contributed by atoms with Gasteiger partial charge in [0.05, 0.1) is 11.1 Å². The third-order valence-corrected chi connectivity index (χ3v) is 2.30. The van der Waals surface area contributed by atoms with Gasteiger partial charge in [0.15, 0.2) is 0 Å². The van der Waals surface area contributed by atoms with Crippen molar-refractivity contribution < 1.29 is 19.8 Å². The lowest BCUT2D eigenvalue weighted by Gasteiger charge is -2.08. The number of nitrogens with zero attached hydrogens (tertiary/aromatic N) is 1. The van der Waals surface area contributed by atoms with Crippen molar-refractivity contribution in [3.63, 3.8) is 0 Å². The molecule has 0 unspecified atom stereocenters. The highest BCUT2D eigenvalue weighted by molar-refractivity contribution is 5.95. The highest BCUT2D eigenvalue weighted by Gasteiger charge is 2.18. The van der Waals surface area contributed by atoms with Crippen molar-refractivity contribution in [1.82, 2.24) is 4.98 Å². The fourth-order valence-corrected chi connectivity index (χ4v) is 1.48. The maximum Gasteiger partial charge on any atom is 0.337 e. The molecule has 0 spiro atoms. The molecular formula is C11H13NO4. The summed E-state index contributed by atoms with van der Waals surface area (Å²) in [5.74, 6) is -2.27. The number of carbonyl (C=O) groups is 2. The zero-order valence-corrected chi connectivity index (χ0v) is 8.93. The summed E-state index contributed by atoms with van der Waals surface area (Å²) >= 11 is 0. The molecule has 0 aliphatic rings. The molecule has 1 aromatic rings. The third-order valence-electron chi connectivity index (χ3n) is 2.30. The number of hydrogen-bond acceptors (Lipinski definition) is 3. The second-order valence-electron chi connectivity index (χ2n) is 3.43. The SMILES string of the molecule is CCCCc1c(C(=O)O)cncc1C(=O)O. The van der Waals surface area contributed by atoms with Crippen LogP contribution in [0.5, 0.6) is 0 Å². The Kier molecular flexibility index (Phi) is 3.99. The molecule has 16 heavy (non-hydrogen) atoms. The zero-order chi connectivity index (χ0) is 12.1.